The van der Waals surface area contributed by atoms with Gasteiger partial charge in [0.2, 0.25) is 0 Å². The van der Waals surface area contributed by atoms with Gasteiger partial charge in [-0.05, 0) is 97.2 Å². The molecule has 2 unspecified atom stereocenters. The molecular formula is C28H47F3. The van der Waals surface area contributed by atoms with E-state index in [4.69, 9.17) is 0 Å². The third-order valence-corrected chi connectivity index (χ3v) is 11.2. The van der Waals surface area contributed by atoms with Gasteiger partial charge >= 0.3 is 6.18 Å². The van der Waals surface area contributed by atoms with Crippen LogP contribution in [-0.4, -0.2) is 6.18 Å². The Morgan fingerprint density at radius 3 is 2.26 bits per heavy atom. The van der Waals surface area contributed by atoms with Gasteiger partial charge in [0, 0.05) is 0 Å². The van der Waals surface area contributed by atoms with Crippen molar-refractivity contribution in [1.29, 1.82) is 0 Å². The van der Waals surface area contributed by atoms with E-state index in [2.05, 4.69) is 34.6 Å². The Morgan fingerprint density at radius 1 is 0.839 bits per heavy atom. The number of halogens is 3. The van der Waals surface area contributed by atoms with Crippen LogP contribution in [0.3, 0.4) is 0 Å². The molecule has 0 aromatic rings. The molecule has 0 bridgehead atoms. The lowest BCUT2D eigenvalue weighted by Gasteiger charge is -2.61. The lowest BCUT2D eigenvalue weighted by molar-refractivity contribution is -0.194. The molecule has 4 aliphatic carbocycles. The molecule has 0 amide bonds. The molecule has 4 rings (SSSR count). The smallest absolute Gasteiger partial charge is 0.171 e. The zero-order valence-electron chi connectivity index (χ0n) is 20.7. The van der Waals surface area contributed by atoms with Gasteiger partial charge in [-0.15, -0.1) is 0 Å². The Kier molecular flexibility index (Phi) is 6.59. The van der Waals surface area contributed by atoms with Crippen molar-refractivity contribution in [2.24, 2.45) is 58.2 Å². The summed E-state index contributed by atoms with van der Waals surface area (Å²) in [7, 11) is 0. The fraction of sp³-hybridized carbons (Fsp3) is 1.00. The molecule has 0 aromatic carbocycles. The van der Waals surface area contributed by atoms with E-state index in [1.807, 2.05) is 0 Å². The molecule has 4 aliphatic rings. The van der Waals surface area contributed by atoms with Crippen molar-refractivity contribution in [3.05, 3.63) is 0 Å². The minimum absolute atomic E-state index is 0.115. The Labute approximate surface area is 189 Å². The summed E-state index contributed by atoms with van der Waals surface area (Å²) in [4.78, 5) is 0. The van der Waals surface area contributed by atoms with Crippen molar-refractivity contribution < 1.29 is 13.2 Å². The van der Waals surface area contributed by atoms with Crippen LogP contribution < -0.4 is 0 Å². The van der Waals surface area contributed by atoms with Crippen LogP contribution in [0.4, 0.5) is 13.2 Å². The summed E-state index contributed by atoms with van der Waals surface area (Å²) in [6.45, 7) is 11.4. The Hall–Kier alpha value is -0.210. The van der Waals surface area contributed by atoms with Crippen LogP contribution in [0, 0.1) is 58.2 Å². The summed E-state index contributed by atoms with van der Waals surface area (Å²) in [6, 6.07) is 0. The van der Waals surface area contributed by atoms with Gasteiger partial charge in [0.05, 0.1) is 5.92 Å². The Morgan fingerprint density at radius 2 is 1.58 bits per heavy atom. The number of alkyl halides is 3. The Bertz CT molecular complexity index is 624. The predicted octanol–water partition coefficient (Wildman–Crippen LogP) is 9.29. The average Bonchev–Trinajstić information content (AvgIpc) is 3.00. The minimum Gasteiger partial charge on any atom is -0.171 e. The highest BCUT2D eigenvalue weighted by molar-refractivity contribution is 5.12. The first kappa shape index (κ1) is 23.9. The molecule has 0 nitrogen and oxygen atoms in total. The second-order valence-corrected chi connectivity index (χ2v) is 13.2. The van der Waals surface area contributed by atoms with Crippen molar-refractivity contribution in [3.8, 4) is 0 Å². The number of rotatable bonds is 5. The summed E-state index contributed by atoms with van der Waals surface area (Å²) < 4.78 is 43.2. The first-order valence-corrected chi connectivity index (χ1v) is 13.5. The summed E-state index contributed by atoms with van der Waals surface area (Å²) in [6.07, 6.45) is 9.62. The molecule has 0 aliphatic heterocycles. The van der Waals surface area contributed by atoms with E-state index in [1.165, 1.54) is 44.9 Å². The van der Waals surface area contributed by atoms with E-state index in [0.717, 1.165) is 31.6 Å². The van der Waals surface area contributed by atoms with Gasteiger partial charge in [0.25, 0.3) is 0 Å². The molecule has 180 valence electrons. The molecule has 0 N–H and O–H groups in total. The van der Waals surface area contributed by atoms with Gasteiger partial charge < -0.3 is 0 Å². The van der Waals surface area contributed by atoms with Crippen molar-refractivity contribution in [3.63, 3.8) is 0 Å². The van der Waals surface area contributed by atoms with Crippen molar-refractivity contribution >= 4 is 0 Å². The van der Waals surface area contributed by atoms with E-state index < -0.39 is 12.1 Å². The van der Waals surface area contributed by atoms with Gasteiger partial charge in [0.1, 0.15) is 0 Å². The molecule has 9 atom stereocenters. The van der Waals surface area contributed by atoms with Crippen LogP contribution in [-0.2, 0) is 0 Å². The summed E-state index contributed by atoms with van der Waals surface area (Å²) >= 11 is 0. The van der Waals surface area contributed by atoms with Gasteiger partial charge in [-0.25, -0.2) is 0 Å². The van der Waals surface area contributed by atoms with Crippen LogP contribution in [0.5, 0.6) is 0 Å². The highest BCUT2D eigenvalue weighted by Crippen LogP contribution is 2.71. The molecule has 31 heavy (non-hydrogen) atoms. The molecular weight excluding hydrogens is 393 g/mol. The third kappa shape index (κ3) is 4.11. The first-order valence-electron chi connectivity index (χ1n) is 13.5. The second kappa shape index (κ2) is 8.53. The molecule has 0 radical (unpaired) electrons. The normalized spacial score (nSPS) is 46.4. The van der Waals surface area contributed by atoms with Crippen molar-refractivity contribution in [2.75, 3.05) is 0 Å². The molecule has 4 fully saturated rings. The Balaban J connectivity index is 1.59. The molecule has 3 heteroatoms. The maximum atomic E-state index is 14.4. The average molecular weight is 441 g/mol. The molecule has 0 heterocycles. The maximum absolute atomic E-state index is 14.4. The number of hydrogen-bond acceptors (Lipinski definition) is 0. The quantitative estimate of drug-likeness (QED) is 0.399. The molecule has 0 spiro atoms. The summed E-state index contributed by atoms with van der Waals surface area (Å²) in [5.41, 5.74) is 0.285. The lowest BCUT2D eigenvalue weighted by atomic mass is 9.44. The number of hydrogen-bond donors (Lipinski definition) is 0. The third-order valence-electron chi connectivity index (χ3n) is 11.2. The minimum atomic E-state index is -4.04. The van der Waals surface area contributed by atoms with Crippen LogP contribution in [0.2, 0.25) is 0 Å². The van der Waals surface area contributed by atoms with Gasteiger partial charge in [-0.2, -0.15) is 13.2 Å². The first-order chi connectivity index (χ1) is 14.5. The standard InChI is InChI=1S/C28H47F3/c1-18(2)9-8-10-19(3)25-24(28(29,30)31)17-23-21-13-12-20-11-6-7-15-26(20,4)22(21)14-16-27(23,25)5/h18-25H,6-17H2,1-5H3/t19-,20?,21-,22+,23+,24?,25+,26+,27+/m1/s1. The van der Waals surface area contributed by atoms with Gasteiger partial charge in [-0.1, -0.05) is 66.7 Å². The monoisotopic (exact) mass is 440 g/mol. The zero-order valence-corrected chi connectivity index (χ0v) is 20.7. The second-order valence-electron chi connectivity index (χ2n) is 13.2. The fourth-order valence-electron chi connectivity index (χ4n) is 9.79. The van der Waals surface area contributed by atoms with Gasteiger partial charge in [-0.3, -0.25) is 0 Å². The van der Waals surface area contributed by atoms with E-state index in [9.17, 15) is 13.2 Å². The predicted molar refractivity (Wildman–Crippen MR) is 123 cm³/mol. The largest absolute Gasteiger partial charge is 0.392 e. The fourth-order valence-corrected chi connectivity index (χ4v) is 9.79. The highest BCUT2D eigenvalue weighted by Gasteiger charge is 2.66. The summed E-state index contributed by atoms with van der Waals surface area (Å²) in [5, 5.41) is 0. The van der Waals surface area contributed by atoms with E-state index in [0.29, 0.717) is 29.6 Å². The SMILES string of the molecule is CC(C)CCC[C@@H](C)[C@H]1C(C(F)(F)F)C[C@H]2[C@@H]3CCC4CCCC[C@]4(C)[C@H]3CC[C@]12C. The zero-order chi connectivity index (χ0) is 22.6. The molecule has 4 saturated carbocycles. The molecule has 0 saturated heterocycles. The lowest BCUT2D eigenvalue weighted by Crippen LogP contribution is -2.53. The van der Waals surface area contributed by atoms with Crippen LogP contribution in [0.15, 0.2) is 0 Å². The van der Waals surface area contributed by atoms with Gasteiger partial charge in [0.15, 0.2) is 0 Å². The van der Waals surface area contributed by atoms with E-state index in [-0.39, 0.29) is 23.2 Å². The topological polar surface area (TPSA) is 0 Å². The van der Waals surface area contributed by atoms with E-state index in [1.54, 1.807) is 0 Å². The number of fused-ring (bicyclic) bond motifs is 5. The van der Waals surface area contributed by atoms with Crippen LogP contribution >= 0.6 is 0 Å². The van der Waals surface area contributed by atoms with E-state index >= 15 is 0 Å². The maximum Gasteiger partial charge on any atom is 0.392 e. The summed E-state index contributed by atoms with van der Waals surface area (Å²) in [5.74, 6) is 1.89. The van der Waals surface area contributed by atoms with Crippen LogP contribution in [0.1, 0.15) is 112 Å². The molecule has 0 aromatic heterocycles. The highest BCUT2D eigenvalue weighted by atomic mass is 19.4. The van der Waals surface area contributed by atoms with Crippen LogP contribution in [0.25, 0.3) is 0 Å². The van der Waals surface area contributed by atoms with Crippen molar-refractivity contribution in [1.82, 2.24) is 0 Å². The van der Waals surface area contributed by atoms with Crippen molar-refractivity contribution in [2.45, 2.75) is 118 Å².